The van der Waals surface area contributed by atoms with E-state index in [1.54, 1.807) is 44.4 Å². The molecule has 5 aromatic rings. The fraction of sp³-hybridized carbons (Fsp3) is 0.241. The summed E-state index contributed by atoms with van der Waals surface area (Å²) in [5.41, 5.74) is 3.10. The predicted molar refractivity (Wildman–Crippen MR) is 142 cm³/mol. The number of benzene rings is 2. The summed E-state index contributed by atoms with van der Waals surface area (Å²) in [6.45, 7) is 0.394. The third-order valence-electron chi connectivity index (χ3n) is 6.66. The lowest BCUT2D eigenvalue weighted by molar-refractivity contribution is -0.0505. The molecular formula is C29H25F2N5O4. The highest BCUT2D eigenvalue weighted by atomic mass is 19.3. The van der Waals surface area contributed by atoms with Gasteiger partial charge in [-0.2, -0.15) is 13.8 Å². The molecular weight excluding hydrogens is 520 g/mol. The van der Waals surface area contributed by atoms with E-state index in [1.807, 2.05) is 28.8 Å². The molecule has 6 rings (SSSR count). The van der Waals surface area contributed by atoms with Gasteiger partial charge in [0.25, 0.3) is 0 Å². The molecule has 0 aliphatic carbocycles. The van der Waals surface area contributed by atoms with E-state index in [0.29, 0.717) is 41.1 Å². The minimum Gasteiger partial charge on any atom is -0.481 e. The zero-order chi connectivity index (χ0) is 28.0. The Morgan fingerprint density at radius 2 is 1.82 bits per heavy atom. The molecule has 0 saturated heterocycles. The fourth-order valence-electron chi connectivity index (χ4n) is 4.68. The molecule has 204 valence electrons. The van der Waals surface area contributed by atoms with Gasteiger partial charge in [0.1, 0.15) is 22.9 Å². The van der Waals surface area contributed by atoms with Gasteiger partial charge in [-0.1, -0.05) is 12.1 Å². The molecule has 0 spiro atoms. The summed E-state index contributed by atoms with van der Waals surface area (Å²) in [7, 11) is 1.51. The largest absolute Gasteiger partial charge is 0.481 e. The molecule has 1 N–H and O–H groups in total. The number of methoxy groups -OCH3 is 1. The predicted octanol–water partition coefficient (Wildman–Crippen LogP) is 5.47. The first-order chi connectivity index (χ1) is 19.2. The van der Waals surface area contributed by atoms with Crippen LogP contribution in [0.4, 0.5) is 8.78 Å². The number of imidazole rings is 1. The molecule has 2 aromatic carbocycles. The molecule has 1 aliphatic heterocycles. The zero-order valence-corrected chi connectivity index (χ0v) is 21.9. The first-order valence-electron chi connectivity index (χ1n) is 12.5. The smallest absolute Gasteiger partial charge is 0.387 e. The van der Waals surface area contributed by atoms with Gasteiger partial charge < -0.3 is 23.9 Å². The maximum atomic E-state index is 13.4. The van der Waals surface area contributed by atoms with E-state index < -0.39 is 12.2 Å². The van der Waals surface area contributed by atoms with Crippen LogP contribution in [0.15, 0.2) is 60.9 Å². The van der Waals surface area contributed by atoms with Crippen LogP contribution in [-0.4, -0.2) is 43.3 Å². The summed E-state index contributed by atoms with van der Waals surface area (Å²) < 4.78 is 45.1. The molecule has 0 atom stereocenters. The zero-order valence-electron chi connectivity index (χ0n) is 21.9. The van der Waals surface area contributed by atoms with Gasteiger partial charge >= 0.3 is 6.61 Å². The van der Waals surface area contributed by atoms with Gasteiger partial charge in [0.05, 0.1) is 30.3 Å². The Morgan fingerprint density at radius 1 is 1.02 bits per heavy atom. The van der Waals surface area contributed by atoms with E-state index in [-0.39, 0.29) is 12.3 Å². The SMILES string of the molecule is COc1ccc2c(n1)Oc1cccc(OC(F)F)c1Cn1c(nc3ccc(-c4cnc(C(C)(C)O)nc4)cc31)C2. The highest BCUT2D eigenvalue weighted by Crippen LogP contribution is 2.38. The maximum Gasteiger partial charge on any atom is 0.387 e. The summed E-state index contributed by atoms with van der Waals surface area (Å²) >= 11 is 0. The molecule has 1 aliphatic rings. The second-order valence-electron chi connectivity index (χ2n) is 9.88. The standard InChI is InChI=1S/C29H25F2N5O4/c1-29(2,37)27-32-13-18(14-33-27)16-7-9-20-21(11-16)36-15-19-22(5-4-6-23(19)40-28(30)31)39-26-17(12-24(36)34-20)8-10-25(35-26)38-3/h4-11,13-14,28,37H,12,15H2,1-3H3. The van der Waals surface area contributed by atoms with Gasteiger partial charge in [-0.3, -0.25) is 0 Å². The highest BCUT2D eigenvalue weighted by molar-refractivity contribution is 5.83. The number of aromatic nitrogens is 5. The van der Waals surface area contributed by atoms with Crippen LogP contribution >= 0.6 is 0 Å². The van der Waals surface area contributed by atoms with Crippen LogP contribution in [0, 0.1) is 0 Å². The van der Waals surface area contributed by atoms with Crippen LogP contribution < -0.4 is 14.2 Å². The molecule has 4 heterocycles. The molecule has 11 heteroatoms. The van der Waals surface area contributed by atoms with Crippen molar-refractivity contribution in [2.24, 2.45) is 0 Å². The fourth-order valence-corrected chi connectivity index (χ4v) is 4.68. The minimum atomic E-state index is -3.01. The Hall–Kier alpha value is -4.64. The summed E-state index contributed by atoms with van der Waals surface area (Å²) in [4.78, 5) is 18.0. The van der Waals surface area contributed by atoms with Crippen LogP contribution in [0.3, 0.4) is 0 Å². The van der Waals surface area contributed by atoms with E-state index >= 15 is 0 Å². The van der Waals surface area contributed by atoms with Gasteiger partial charge in [-0.25, -0.2) is 15.0 Å². The molecule has 0 amide bonds. The molecule has 9 nitrogen and oxygen atoms in total. The van der Waals surface area contributed by atoms with E-state index in [9.17, 15) is 13.9 Å². The first-order valence-corrected chi connectivity index (χ1v) is 12.5. The number of fused-ring (bicyclic) bond motifs is 5. The lowest BCUT2D eigenvalue weighted by Crippen LogP contribution is -2.19. The number of pyridine rings is 1. The lowest BCUT2D eigenvalue weighted by atomic mass is 10.1. The van der Waals surface area contributed by atoms with Crippen LogP contribution in [0.5, 0.6) is 23.3 Å². The molecule has 0 bridgehead atoms. The van der Waals surface area contributed by atoms with Crippen molar-refractivity contribution in [3.8, 4) is 34.4 Å². The van der Waals surface area contributed by atoms with Gasteiger partial charge in [-0.05, 0) is 49.7 Å². The third kappa shape index (κ3) is 4.79. The summed E-state index contributed by atoms with van der Waals surface area (Å²) in [5.74, 6) is 1.99. The van der Waals surface area contributed by atoms with Gasteiger partial charge in [0, 0.05) is 36.0 Å². The van der Waals surface area contributed by atoms with Crippen LogP contribution in [0.2, 0.25) is 0 Å². The molecule has 0 fully saturated rings. The topological polar surface area (TPSA) is 104 Å². The minimum absolute atomic E-state index is 0.00147. The second-order valence-corrected chi connectivity index (χ2v) is 9.88. The Bertz CT molecular complexity index is 1710. The highest BCUT2D eigenvalue weighted by Gasteiger charge is 2.24. The Kier molecular flexibility index (Phi) is 6.30. The number of ether oxygens (including phenoxy) is 3. The van der Waals surface area contributed by atoms with E-state index in [4.69, 9.17) is 19.2 Å². The van der Waals surface area contributed by atoms with Crippen molar-refractivity contribution in [3.63, 3.8) is 0 Å². The normalized spacial score (nSPS) is 13.0. The third-order valence-corrected chi connectivity index (χ3v) is 6.66. The van der Waals surface area contributed by atoms with Crippen LogP contribution in [0.1, 0.15) is 36.6 Å². The van der Waals surface area contributed by atoms with Gasteiger partial charge in [-0.15, -0.1) is 0 Å². The van der Waals surface area contributed by atoms with E-state index in [0.717, 1.165) is 27.7 Å². The number of hydrogen-bond donors (Lipinski definition) is 1. The van der Waals surface area contributed by atoms with Crippen molar-refractivity contribution < 1.29 is 28.1 Å². The van der Waals surface area contributed by atoms with Crippen LogP contribution in [0.25, 0.3) is 22.2 Å². The maximum absolute atomic E-state index is 13.4. The number of aliphatic hydroxyl groups is 1. The van der Waals surface area contributed by atoms with Crippen LogP contribution in [-0.2, 0) is 18.6 Å². The lowest BCUT2D eigenvalue weighted by Gasteiger charge is -2.16. The van der Waals surface area contributed by atoms with Crippen molar-refractivity contribution in [3.05, 3.63) is 83.7 Å². The molecule has 0 radical (unpaired) electrons. The van der Waals surface area contributed by atoms with Crippen molar-refractivity contribution in [1.82, 2.24) is 24.5 Å². The van der Waals surface area contributed by atoms with Crippen molar-refractivity contribution >= 4 is 11.0 Å². The summed E-state index contributed by atoms with van der Waals surface area (Å²) in [5, 5.41) is 10.2. The monoisotopic (exact) mass is 545 g/mol. The second kappa shape index (κ2) is 9.83. The van der Waals surface area contributed by atoms with Crippen molar-refractivity contribution in [1.29, 1.82) is 0 Å². The summed E-state index contributed by atoms with van der Waals surface area (Å²) in [6, 6.07) is 14.1. The van der Waals surface area contributed by atoms with Crippen molar-refractivity contribution in [2.45, 2.75) is 39.0 Å². The molecule has 0 unspecified atom stereocenters. The van der Waals surface area contributed by atoms with Crippen molar-refractivity contribution in [2.75, 3.05) is 7.11 Å². The van der Waals surface area contributed by atoms with E-state index in [2.05, 4.69) is 15.0 Å². The first kappa shape index (κ1) is 25.6. The van der Waals surface area contributed by atoms with Gasteiger partial charge in [0.2, 0.25) is 11.8 Å². The quantitative estimate of drug-likeness (QED) is 0.304. The summed E-state index contributed by atoms with van der Waals surface area (Å²) in [6.07, 6.45) is 3.69. The number of halogens is 2. The number of nitrogens with zero attached hydrogens (tertiary/aromatic N) is 5. The molecule has 40 heavy (non-hydrogen) atoms. The average Bonchev–Trinajstić information content (AvgIpc) is 3.28. The van der Waals surface area contributed by atoms with E-state index in [1.165, 1.54) is 13.2 Å². The molecule has 0 saturated carbocycles. The van der Waals surface area contributed by atoms with Gasteiger partial charge in [0.15, 0.2) is 5.82 Å². The number of alkyl halides is 2. The Morgan fingerprint density at radius 3 is 2.55 bits per heavy atom. The molecule has 3 aromatic heterocycles. The Labute approximate surface area is 228 Å². The number of hydrogen-bond acceptors (Lipinski definition) is 8. The number of rotatable bonds is 5. The Balaban J connectivity index is 1.53. The average molecular weight is 546 g/mol.